The fourth-order valence-electron chi connectivity index (χ4n) is 4.68. The van der Waals surface area contributed by atoms with Crippen LogP contribution in [0, 0.1) is 5.92 Å². The van der Waals surface area contributed by atoms with Gasteiger partial charge in [0.2, 0.25) is 0 Å². The molecule has 1 aromatic heterocycles. The molecule has 1 aliphatic carbocycles. The molecular formula is C23H22N2. The van der Waals surface area contributed by atoms with E-state index in [0.717, 1.165) is 18.5 Å². The van der Waals surface area contributed by atoms with E-state index < -0.39 is 0 Å². The summed E-state index contributed by atoms with van der Waals surface area (Å²) in [7, 11) is 0. The second kappa shape index (κ2) is 5.73. The number of hydrogen-bond acceptors (Lipinski definition) is 2. The molecule has 3 atom stereocenters. The maximum Gasteiger partial charge on any atom is 0.0725 e. The minimum absolute atomic E-state index is 0.263. The highest BCUT2D eigenvalue weighted by Gasteiger charge is 2.43. The van der Waals surface area contributed by atoms with Crippen molar-refractivity contribution in [3.05, 3.63) is 94.8 Å². The Bertz CT molecular complexity index is 916. The van der Waals surface area contributed by atoms with E-state index >= 15 is 0 Å². The van der Waals surface area contributed by atoms with Crippen LogP contribution in [0.25, 0.3) is 0 Å². The lowest BCUT2D eigenvalue weighted by atomic mass is 9.76. The van der Waals surface area contributed by atoms with Gasteiger partial charge in [-0.3, -0.25) is 4.98 Å². The average Bonchev–Trinajstić information content (AvgIpc) is 3.07. The van der Waals surface area contributed by atoms with Crippen molar-refractivity contribution >= 4 is 5.69 Å². The van der Waals surface area contributed by atoms with Crippen molar-refractivity contribution in [1.82, 2.24) is 4.98 Å². The fourth-order valence-corrected chi connectivity index (χ4v) is 4.68. The van der Waals surface area contributed by atoms with Crippen LogP contribution in [-0.4, -0.2) is 4.98 Å². The van der Waals surface area contributed by atoms with Crippen molar-refractivity contribution in [1.29, 1.82) is 0 Å². The Balaban J connectivity index is 1.69. The van der Waals surface area contributed by atoms with E-state index in [9.17, 15) is 0 Å². The Morgan fingerprint density at radius 1 is 1.00 bits per heavy atom. The molecule has 0 bridgehead atoms. The smallest absolute Gasteiger partial charge is 0.0725 e. The van der Waals surface area contributed by atoms with Gasteiger partial charge in [0.1, 0.15) is 0 Å². The summed E-state index contributed by atoms with van der Waals surface area (Å²) in [6.45, 7) is 2.23. The number of rotatable bonds is 2. The Kier molecular flexibility index (Phi) is 3.37. The molecule has 2 aliphatic rings. The molecule has 2 heteroatoms. The van der Waals surface area contributed by atoms with E-state index in [1.54, 1.807) is 0 Å². The van der Waals surface area contributed by atoms with Crippen molar-refractivity contribution in [2.75, 3.05) is 5.32 Å². The second-order valence-corrected chi connectivity index (χ2v) is 7.20. The number of pyridine rings is 1. The zero-order valence-electron chi connectivity index (χ0n) is 14.4. The fraction of sp³-hybridized carbons (Fsp3) is 0.261. The van der Waals surface area contributed by atoms with E-state index in [0.29, 0.717) is 11.8 Å². The van der Waals surface area contributed by atoms with Crippen LogP contribution in [0.2, 0.25) is 0 Å². The molecule has 2 heterocycles. The standard InChI is InChI=1S/C23H22N2/c1-2-15-10-11-20-18(13-15)22-17-8-4-3-7-16(17)14-19(22)23(25-20)21-9-5-6-12-24-21/h3-13,19,22-23,25H,2,14H2,1H3. The van der Waals surface area contributed by atoms with Crippen LogP contribution in [0.4, 0.5) is 5.69 Å². The van der Waals surface area contributed by atoms with E-state index in [1.807, 2.05) is 12.3 Å². The van der Waals surface area contributed by atoms with Gasteiger partial charge in [-0.05, 0) is 59.2 Å². The van der Waals surface area contributed by atoms with Gasteiger partial charge >= 0.3 is 0 Å². The summed E-state index contributed by atoms with van der Waals surface area (Å²) < 4.78 is 0. The molecule has 0 fully saturated rings. The summed E-state index contributed by atoms with van der Waals surface area (Å²) in [5, 5.41) is 3.81. The molecule has 5 rings (SSSR count). The minimum atomic E-state index is 0.263. The summed E-state index contributed by atoms with van der Waals surface area (Å²) >= 11 is 0. The molecular weight excluding hydrogens is 304 g/mol. The number of anilines is 1. The van der Waals surface area contributed by atoms with Gasteiger partial charge in [-0.15, -0.1) is 0 Å². The van der Waals surface area contributed by atoms with Crippen molar-refractivity contribution in [3.63, 3.8) is 0 Å². The van der Waals surface area contributed by atoms with E-state index in [-0.39, 0.29) is 6.04 Å². The molecule has 0 amide bonds. The first-order valence-electron chi connectivity index (χ1n) is 9.23. The maximum absolute atomic E-state index is 4.67. The number of benzene rings is 2. The highest BCUT2D eigenvalue weighted by molar-refractivity contribution is 5.63. The summed E-state index contributed by atoms with van der Waals surface area (Å²) in [5.41, 5.74) is 8.29. The normalized spacial score (nSPS) is 23.3. The third kappa shape index (κ3) is 2.28. The molecule has 0 spiro atoms. The van der Waals surface area contributed by atoms with Crippen molar-refractivity contribution in [2.24, 2.45) is 5.92 Å². The molecule has 0 saturated heterocycles. The molecule has 25 heavy (non-hydrogen) atoms. The topological polar surface area (TPSA) is 24.9 Å². The number of hydrogen-bond donors (Lipinski definition) is 1. The van der Waals surface area contributed by atoms with Crippen LogP contribution in [0.15, 0.2) is 66.9 Å². The van der Waals surface area contributed by atoms with Crippen LogP contribution in [0.1, 0.15) is 46.8 Å². The van der Waals surface area contributed by atoms with Crippen LogP contribution < -0.4 is 5.32 Å². The van der Waals surface area contributed by atoms with Gasteiger partial charge in [0, 0.05) is 17.8 Å². The van der Waals surface area contributed by atoms with Crippen LogP contribution in [-0.2, 0) is 12.8 Å². The number of fused-ring (bicyclic) bond motifs is 5. The lowest BCUT2D eigenvalue weighted by molar-refractivity contribution is 0.414. The largest absolute Gasteiger partial charge is 0.376 e. The molecule has 2 nitrogen and oxygen atoms in total. The zero-order valence-corrected chi connectivity index (χ0v) is 14.4. The maximum atomic E-state index is 4.67. The van der Waals surface area contributed by atoms with Gasteiger partial charge in [0.25, 0.3) is 0 Å². The number of nitrogens with zero attached hydrogens (tertiary/aromatic N) is 1. The zero-order chi connectivity index (χ0) is 16.8. The molecule has 3 aromatic rings. The lowest BCUT2D eigenvalue weighted by Gasteiger charge is -2.37. The minimum Gasteiger partial charge on any atom is -0.376 e. The van der Waals surface area contributed by atoms with Gasteiger partial charge in [-0.1, -0.05) is 49.4 Å². The van der Waals surface area contributed by atoms with Crippen LogP contribution in [0.3, 0.4) is 0 Å². The van der Waals surface area contributed by atoms with Crippen LogP contribution >= 0.6 is 0 Å². The monoisotopic (exact) mass is 326 g/mol. The lowest BCUT2D eigenvalue weighted by Crippen LogP contribution is -2.31. The van der Waals surface area contributed by atoms with E-state index in [1.165, 1.54) is 27.9 Å². The Morgan fingerprint density at radius 3 is 2.72 bits per heavy atom. The Morgan fingerprint density at radius 2 is 1.88 bits per heavy atom. The molecule has 124 valence electrons. The molecule has 1 N–H and O–H groups in total. The first-order chi connectivity index (χ1) is 12.3. The Labute approximate surface area is 148 Å². The summed E-state index contributed by atoms with van der Waals surface area (Å²) in [6, 6.07) is 22.4. The summed E-state index contributed by atoms with van der Waals surface area (Å²) in [5.74, 6) is 0.984. The SMILES string of the molecule is CCc1ccc2c(c1)C1c3ccccc3CC1C(c1ccccn1)N2. The third-order valence-electron chi connectivity index (χ3n) is 5.88. The molecule has 3 unspecified atom stereocenters. The van der Waals surface area contributed by atoms with Crippen LogP contribution in [0.5, 0.6) is 0 Å². The molecule has 1 aliphatic heterocycles. The highest BCUT2D eigenvalue weighted by Crippen LogP contribution is 2.53. The van der Waals surface area contributed by atoms with Crippen molar-refractivity contribution in [3.8, 4) is 0 Å². The first-order valence-corrected chi connectivity index (χ1v) is 9.23. The quantitative estimate of drug-likeness (QED) is 0.707. The van der Waals surface area contributed by atoms with Crippen molar-refractivity contribution < 1.29 is 0 Å². The predicted molar refractivity (Wildman–Crippen MR) is 102 cm³/mol. The van der Waals surface area contributed by atoms with Gasteiger partial charge < -0.3 is 5.32 Å². The number of aryl methyl sites for hydroxylation is 1. The second-order valence-electron chi connectivity index (χ2n) is 7.20. The van der Waals surface area contributed by atoms with Gasteiger partial charge in [0.15, 0.2) is 0 Å². The van der Waals surface area contributed by atoms with E-state index in [4.69, 9.17) is 0 Å². The number of aromatic nitrogens is 1. The molecule has 0 radical (unpaired) electrons. The molecule has 0 saturated carbocycles. The van der Waals surface area contributed by atoms with Gasteiger partial charge in [-0.2, -0.15) is 0 Å². The van der Waals surface area contributed by atoms with Crippen molar-refractivity contribution in [2.45, 2.75) is 31.7 Å². The predicted octanol–water partition coefficient (Wildman–Crippen LogP) is 5.12. The molecule has 2 aromatic carbocycles. The summed E-state index contributed by atoms with van der Waals surface area (Å²) in [6.07, 6.45) is 4.10. The highest BCUT2D eigenvalue weighted by atomic mass is 15.0. The number of nitrogens with one attached hydrogen (secondary N) is 1. The first kappa shape index (κ1) is 14.7. The third-order valence-corrected chi connectivity index (χ3v) is 5.88. The van der Waals surface area contributed by atoms with Gasteiger partial charge in [-0.25, -0.2) is 0 Å². The average molecular weight is 326 g/mol. The van der Waals surface area contributed by atoms with E-state index in [2.05, 4.69) is 71.8 Å². The Hall–Kier alpha value is -2.61. The van der Waals surface area contributed by atoms with Gasteiger partial charge in [0.05, 0.1) is 11.7 Å². The summed E-state index contributed by atoms with van der Waals surface area (Å²) in [4.78, 5) is 4.67.